The number of hydrogen-bond acceptors (Lipinski definition) is 4. The zero-order chi connectivity index (χ0) is 16.7. The van der Waals surface area contributed by atoms with Crippen LogP contribution in [-0.4, -0.2) is 11.6 Å². The molecule has 5 heteroatoms. The second-order valence-corrected chi connectivity index (χ2v) is 5.83. The fourth-order valence-corrected chi connectivity index (χ4v) is 2.87. The summed E-state index contributed by atoms with van der Waals surface area (Å²) in [6.45, 7) is 3.72. The number of benzene rings is 2. The summed E-state index contributed by atoms with van der Waals surface area (Å²) in [6.07, 6.45) is 0. The predicted octanol–water partition coefficient (Wildman–Crippen LogP) is 3.79. The molecule has 0 unspecified atom stereocenters. The van der Waals surface area contributed by atoms with E-state index in [2.05, 4.69) is 0 Å². The standard InChI is InChI=1S/C18H14ClNO3/c1-9-7-10(2)17(13(20)8-9)23-18-14(19)15(21)11-5-3-4-6-12(11)16(18)22/h3-8H,20H2,1-2H3. The van der Waals surface area contributed by atoms with Gasteiger partial charge < -0.3 is 10.5 Å². The highest BCUT2D eigenvalue weighted by Gasteiger charge is 2.33. The molecule has 23 heavy (non-hydrogen) atoms. The third-order valence-corrected chi connectivity index (χ3v) is 4.02. The number of fused-ring (bicyclic) bond motifs is 1. The zero-order valence-corrected chi connectivity index (χ0v) is 13.4. The molecular formula is C18H14ClNO3. The van der Waals surface area contributed by atoms with Crippen LogP contribution in [0.25, 0.3) is 0 Å². The van der Waals surface area contributed by atoms with Gasteiger partial charge in [-0.05, 0) is 31.0 Å². The lowest BCUT2D eigenvalue weighted by molar-refractivity contribution is 0.0943. The third-order valence-electron chi connectivity index (χ3n) is 3.67. The van der Waals surface area contributed by atoms with Crippen molar-refractivity contribution in [2.45, 2.75) is 13.8 Å². The number of aryl methyl sites for hydroxylation is 2. The van der Waals surface area contributed by atoms with E-state index in [1.807, 2.05) is 19.9 Å². The van der Waals surface area contributed by atoms with Gasteiger partial charge >= 0.3 is 0 Å². The first-order chi connectivity index (χ1) is 10.9. The first kappa shape index (κ1) is 15.3. The lowest BCUT2D eigenvalue weighted by atomic mass is 9.93. The van der Waals surface area contributed by atoms with E-state index in [9.17, 15) is 9.59 Å². The number of anilines is 1. The quantitative estimate of drug-likeness (QED) is 0.852. The van der Waals surface area contributed by atoms with Crippen molar-refractivity contribution in [1.29, 1.82) is 0 Å². The molecule has 1 aliphatic carbocycles. The van der Waals surface area contributed by atoms with E-state index in [0.717, 1.165) is 11.1 Å². The maximum atomic E-state index is 12.6. The lowest BCUT2D eigenvalue weighted by Gasteiger charge is -2.19. The molecule has 2 N–H and O–H groups in total. The normalized spacial score (nSPS) is 14.0. The van der Waals surface area contributed by atoms with Crippen molar-refractivity contribution in [3.63, 3.8) is 0 Å². The van der Waals surface area contributed by atoms with E-state index in [0.29, 0.717) is 11.4 Å². The summed E-state index contributed by atoms with van der Waals surface area (Å²) in [6, 6.07) is 10.1. The van der Waals surface area contributed by atoms with Crippen LogP contribution >= 0.6 is 11.6 Å². The molecule has 0 heterocycles. The van der Waals surface area contributed by atoms with Crippen molar-refractivity contribution in [3.8, 4) is 5.75 Å². The Morgan fingerprint density at radius 3 is 2.22 bits per heavy atom. The van der Waals surface area contributed by atoms with E-state index in [-0.39, 0.29) is 21.9 Å². The molecule has 116 valence electrons. The number of halogens is 1. The summed E-state index contributed by atoms with van der Waals surface area (Å²) in [5.74, 6) is -0.705. The number of carbonyl (C=O) groups is 2. The summed E-state index contributed by atoms with van der Waals surface area (Å²) >= 11 is 6.09. The number of carbonyl (C=O) groups excluding carboxylic acids is 2. The van der Waals surface area contributed by atoms with E-state index >= 15 is 0 Å². The molecule has 0 bridgehead atoms. The minimum atomic E-state index is -0.430. The summed E-state index contributed by atoms with van der Waals surface area (Å²) in [5.41, 5.74) is 8.66. The van der Waals surface area contributed by atoms with Crippen molar-refractivity contribution in [1.82, 2.24) is 0 Å². The monoisotopic (exact) mass is 327 g/mol. The average Bonchev–Trinajstić information content (AvgIpc) is 2.51. The Morgan fingerprint density at radius 2 is 1.61 bits per heavy atom. The van der Waals surface area contributed by atoms with Crippen LogP contribution in [0.15, 0.2) is 47.2 Å². The first-order valence-electron chi connectivity index (χ1n) is 7.03. The summed E-state index contributed by atoms with van der Waals surface area (Å²) < 4.78 is 5.68. The van der Waals surface area contributed by atoms with Crippen molar-refractivity contribution >= 4 is 28.9 Å². The Kier molecular flexibility index (Phi) is 3.70. The molecule has 2 aromatic rings. The molecule has 0 spiro atoms. The fraction of sp³-hybridized carbons (Fsp3) is 0.111. The van der Waals surface area contributed by atoms with E-state index in [4.69, 9.17) is 22.1 Å². The smallest absolute Gasteiger partial charge is 0.230 e. The van der Waals surface area contributed by atoms with Gasteiger partial charge in [-0.2, -0.15) is 0 Å². The van der Waals surface area contributed by atoms with Gasteiger partial charge in [0.25, 0.3) is 0 Å². The van der Waals surface area contributed by atoms with Crippen LogP contribution in [0.3, 0.4) is 0 Å². The van der Waals surface area contributed by atoms with Gasteiger partial charge in [-0.1, -0.05) is 41.9 Å². The molecule has 3 rings (SSSR count). The number of ketones is 2. The number of nitrogen functional groups attached to an aromatic ring is 1. The van der Waals surface area contributed by atoms with Crippen LogP contribution in [0.1, 0.15) is 31.8 Å². The zero-order valence-electron chi connectivity index (χ0n) is 12.6. The Labute approximate surface area is 138 Å². The van der Waals surface area contributed by atoms with Gasteiger partial charge in [0.15, 0.2) is 11.5 Å². The van der Waals surface area contributed by atoms with E-state index < -0.39 is 11.6 Å². The number of Topliss-reactive ketones (excluding diaryl/α,β-unsaturated/α-hetero) is 2. The Balaban J connectivity index is 2.09. The number of nitrogens with two attached hydrogens (primary N) is 1. The van der Waals surface area contributed by atoms with Crippen LogP contribution in [0, 0.1) is 13.8 Å². The van der Waals surface area contributed by atoms with Gasteiger partial charge in [0.1, 0.15) is 5.03 Å². The summed E-state index contributed by atoms with van der Waals surface area (Å²) in [5, 5.41) is -0.229. The predicted molar refractivity (Wildman–Crippen MR) is 88.9 cm³/mol. The number of hydrogen-bond donors (Lipinski definition) is 1. The topological polar surface area (TPSA) is 69.4 Å². The van der Waals surface area contributed by atoms with Gasteiger partial charge in [0.05, 0.1) is 5.69 Å². The Hall–Kier alpha value is -2.59. The first-order valence-corrected chi connectivity index (χ1v) is 7.40. The van der Waals surface area contributed by atoms with Crippen molar-refractivity contribution < 1.29 is 14.3 Å². The summed E-state index contributed by atoms with van der Waals surface area (Å²) in [4.78, 5) is 24.9. The largest absolute Gasteiger partial charge is 0.449 e. The van der Waals surface area contributed by atoms with Crippen LogP contribution in [0.4, 0.5) is 5.69 Å². The minimum Gasteiger partial charge on any atom is -0.449 e. The van der Waals surface area contributed by atoms with Crippen LogP contribution in [0.2, 0.25) is 0 Å². The van der Waals surface area contributed by atoms with Crippen molar-refractivity contribution in [2.75, 3.05) is 5.73 Å². The van der Waals surface area contributed by atoms with Gasteiger partial charge in [0.2, 0.25) is 11.6 Å². The van der Waals surface area contributed by atoms with E-state index in [1.165, 1.54) is 0 Å². The molecule has 0 fully saturated rings. The Morgan fingerprint density at radius 1 is 1.00 bits per heavy atom. The van der Waals surface area contributed by atoms with Crippen LogP contribution in [0.5, 0.6) is 5.75 Å². The SMILES string of the molecule is Cc1cc(C)c(OC2=C(Cl)C(=O)c3ccccc3C2=O)c(N)c1. The molecule has 0 saturated carbocycles. The minimum absolute atomic E-state index is 0.186. The van der Waals surface area contributed by atoms with Gasteiger partial charge in [-0.3, -0.25) is 9.59 Å². The molecule has 0 aromatic heterocycles. The maximum Gasteiger partial charge on any atom is 0.230 e. The van der Waals surface area contributed by atoms with E-state index in [1.54, 1.807) is 30.3 Å². The Bertz CT molecular complexity index is 861. The third kappa shape index (κ3) is 2.51. The van der Waals surface area contributed by atoms with Gasteiger partial charge in [0, 0.05) is 11.1 Å². The lowest BCUT2D eigenvalue weighted by Crippen LogP contribution is -2.23. The molecule has 0 amide bonds. The second kappa shape index (κ2) is 5.56. The van der Waals surface area contributed by atoms with Crippen LogP contribution < -0.4 is 10.5 Å². The molecule has 0 saturated heterocycles. The average molecular weight is 328 g/mol. The molecule has 4 nitrogen and oxygen atoms in total. The molecule has 0 aliphatic heterocycles. The maximum absolute atomic E-state index is 12.6. The summed E-state index contributed by atoms with van der Waals surface area (Å²) in [7, 11) is 0. The number of allylic oxidation sites excluding steroid dienone is 2. The fourth-order valence-electron chi connectivity index (χ4n) is 2.64. The highest BCUT2D eigenvalue weighted by Crippen LogP contribution is 2.34. The molecule has 1 aliphatic rings. The van der Waals surface area contributed by atoms with Crippen LogP contribution in [-0.2, 0) is 0 Å². The molecular weight excluding hydrogens is 314 g/mol. The van der Waals surface area contributed by atoms with Crippen molar-refractivity contribution in [3.05, 3.63) is 69.4 Å². The highest BCUT2D eigenvalue weighted by molar-refractivity contribution is 6.49. The highest BCUT2D eigenvalue weighted by atomic mass is 35.5. The van der Waals surface area contributed by atoms with Gasteiger partial charge in [-0.15, -0.1) is 0 Å². The number of rotatable bonds is 2. The van der Waals surface area contributed by atoms with Crippen molar-refractivity contribution in [2.24, 2.45) is 0 Å². The molecule has 0 radical (unpaired) electrons. The molecule has 2 aromatic carbocycles. The molecule has 0 atom stereocenters. The number of ether oxygens (including phenoxy) is 1. The second-order valence-electron chi connectivity index (χ2n) is 5.45. The van der Waals surface area contributed by atoms with Gasteiger partial charge in [-0.25, -0.2) is 0 Å².